The van der Waals surface area contributed by atoms with Gasteiger partial charge in [-0.2, -0.15) is 0 Å². The van der Waals surface area contributed by atoms with Crippen LogP contribution in [-0.2, 0) is 10.8 Å². The molecular formula is C28H36N2. The number of para-hydroxylation sites is 2. The molecule has 3 aromatic rings. The molecule has 0 radical (unpaired) electrons. The molecule has 0 atom stereocenters. The average molecular weight is 401 g/mol. The minimum Gasteiger partial charge on any atom is -0.355 e. The molecule has 0 aliphatic carbocycles. The van der Waals surface area contributed by atoms with E-state index in [2.05, 4.69) is 125 Å². The van der Waals surface area contributed by atoms with Crippen molar-refractivity contribution in [2.75, 3.05) is 10.6 Å². The van der Waals surface area contributed by atoms with E-state index in [1.54, 1.807) is 0 Å². The normalized spacial score (nSPS) is 11.9. The van der Waals surface area contributed by atoms with Crippen molar-refractivity contribution >= 4 is 22.7 Å². The van der Waals surface area contributed by atoms with Crippen LogP contribution in [0.4, 0.5) is 22.7 Å². The second-order valence-electron chi connectivity index (χ2n) is 9.39. The number of rotatable bonds is 8. The summed E-state index contributed by atoms with van der Waals surface area (Å²) in [5.74, 6) is 0. The predicted molar refractivity (Wildman–Crippen MR) is 133 cm³/mol. The third-order valence-corrected chi connectivity index (χ3v) is 6.52. The molecule has 0 aliphatic rings. The van der Waals surface area contributed by atoms with E-state index in [9.17, 15) is 0 Å². The quantitative estimate of drug-likeness (QED) is 0.396. The molecule has 30 heavy (non-hydrogen) atoms. The van der Waals surface area contributed by atoms with E-state index < -0.39 is 0 Å². The van der Waals surface area contributed by atoms with Crippen molar-refractivity contribution in [1.29, 1.82) is 0 Å². The van der Waals surface area contributed by atoms with Gasteiger partial charge in [-0.3, -0.25) is 0 Å². The lowest BCUT2D eigenvalue weighted by Crippen LogP contribution is -2.17. The van der Waals surface area contributed by atoms with Gasteiger partial charge < -0.3 is 10.6 Å². The average Bonchev–Trinajstić information content (AvgIpc) is 2.75. The van der Waals surface area contributed by atoms with Crippen LogP contribution in [0.2, 0.25) is 0 Å². The van der Waals surface area contributed by atoms with Crippen LogP contribution in [0.15, 0.2) is 72.8 Å². The lowest BCUT2D eigenvalue weighted by molar-refractivity contribution is 0.508. The number of nitrogens with one attached hydrogen (secondary N) is 2. The fourth-order valence-corrected chi connectivity index (χ4v) is 3.69. The van der Waals surface area contributed by atoms with Gasteiger partial charge in [0.15, 0.2) is 0 Å². The zero-order valence-corrected chi connectivity index (χ0v) is 19.3. The number of hydrogen-bond donors (Lipinski definition) is 2. The highest BCUT2D eigenvalue weighted by Crippen LogP contribution is 2.36. The van der Waals surface area contributed by atoms with E-state index >= 15 is 0 Å². The van der Waals surface area contributed by atoms with Crippen molar-refractivity contribution in [1.82, 2.24) is 0 Å². The van der Waals surface area contributed by atoms with Gasteiger partial charge in [-0.25, -0.2) is 0 Å². The van der Waals surface area contributed by atoms with E-state index in [0.29, 0.717) is 0 Å². The van der Waals surface area contributed by atoms with Gasteiger partial charge in [0, 0.05) is 22.7 Å². The van der Waals surface area contributed by atoms with Crippen molar-refractivity contribution in [2.45, 2.75) is 65.2 Å². The highest BCUT2D eigenvalue weighted by molar-refractivity contribution is 5.69. The van der Waals surface area contributed by atoms with Crippen LogP contribution >= 0.6 is 0 Å². The van der Waals surface area contributed by atoms with E-state index in [4.69, 9.17) is 0 Å². The monoisotopic (exact) mass is 400 g/mol. The maximum Gasteiger partial charge on any atom is 0.0422 e. The van der Waals surface area contributed by atoms with Crippen LogP contribution in [0.1, 0.15) is 65.5 Å². The third kappa shape index (κ3) is 4.87. The third-order valence-electron chi connectivity index (χ3n) is 6.52. The molecule has 0 saturated carbocycles. The molecule has 3 aromatic carbocycles. The molecule has 0 unspecified atom stereocenters. The van der Waals surface area contributed by atoms with Crippen LogP contribution in [0.5, 0.6) is 0 Å². The molecular weight excluding hydrogens is 364 g/mol. The highest BCUT2D eigenvalue weighted by Gasteiger charge is 2.22. The summed E-state index contributed by atoms with van der Waals surface area (Å²) in [5.41, 5.74) is 7.54. The first-order chi connectivity index (χ1) is 14.3. The predicted octanol–water partition coefficient (Wildman–Crippen LogP) is 8.55. The van der Waals surface area contributed by atoms with Crippen molar-refractivity contribution < 1.29 is 0 Å². The van der Waals surface area contributed by atoms with Gasteiger partial charge in [-0.05, 0) is 71.2 Å². The Morgan fingerprint density at radius 2 is 0.867 bits per heavy atom. The first-order valence-electron chi connectivity index (χ1n) is 11.1. The largest absolute Gasteiger partial charge is 0.355 e. The van der Waals surface area contributed by atoms with Crippen LogP contribution in [-0.4, -0.2) is 0 Å². The van der Waals surface area contributed by atoms with E-state index in [0.717, 1.165) is 24.2 Å². The van der Waals surface area contributed by atoms with Gasteiger partial charge in [-0.15, -0.1) is 0 Å². The summed E-state index contributed by atoms with van der Waals surface area (Å²) in [6.45, 7) is 13.7. The molecule has 0 aromatic heterocycles. The first-order valence-corrected chi connectivity index (χ1v) is 11.1. The molecule has 158 valence electrons. The molecule has 3 rings (SSSR count). The SMILES string of the molecule is CCC(C)(C)c1ccccc1Nc1ccc(Nc2ccccc2C(C)(C)CC)cc1. The summed E-state index contributed by atoms with van der Waals surface area (Å²) in [5, 5.41) is 7.24. The number of hydrogen-bond acceptors (Lipinski definition) is 2. The van der Waals surface area contributed by atoms with E-state index in [1.165, 1.54) is 22.5 Å². The Labute approximate surface area is 182 Å². The van der Waals surface area contributed by atoms with Crippen LogP contribution < -0.4 is 10.6 Å². The second-order valence-corrected chi connectivity index (χ2v) is 9.39. The first kappa shape index (κ1) is 22.0. The highest BCUT2D eigenvalue weighted by atomic mass is 14.9. The van der Waals surface area contributed by atoms with Crippen molar-refractivity contribution in [3.8, 4) is 0 Å². The molecule has 2 nitrogen and oxygen atoms in total. The lowest BCUT2D eigenvalue weighted by Gasteiger charge is -2.27. The fourth-order valence-electron chi connectivity index (χ4n) is 3.69. The van der Waals surface area contributed by atoms with Crippen LogP contribution in [0, 0.1) is 0 Å². The van der Waals surface area contributed by atoms with Crippen LogP contribution in [0.25, 0.3) is 0 Å². The molecule has 0 saturated heterocycles. The van der Waals surface area contributed by atoms with Crippen molar-refractivity contribution in [2.24, 2.45) is 0 Å². The Bertz CT molecular complexity index is 887. The smallest absolute Gasteiger partial charge is 0.0422 e. The number of anilines is 4. The lowest BCUT2D eigenvalue weighted by atomic mass is 9.81. The van der Waals surface area contributed by atoms with Gasteiger partial charge in [0.1, 0.15) is 0 Å². The molecule has 0 heterocycles. The Kier molecular flexibility index (Phi) is 6.55. The van der Waals surface area contributed by atoms with Crippen LogP contribution in [0.3, 0.4) is 0 Å². The summed E-state index contributed by atoms with van der Waals surface area (Å²) < 4.78 is 0. The topological polar surface area (TPSA) is 24.1 Å². The maximum absolute atomic E-state index is 3.62. The summed E-state index contributed by atoms with van der Waals surface area (Å²) in [4.78, 5) is 0. The second kappa shape index (κ2) is 8.95. The zero-order chi connectivity index (χ0) is 21.8. The van der Waals surface area contributed by atoms with Crippen molar-refractivity contribution in [3.63, 3.8) is 0 Å². The van der Waals surface area contributed by atoms with Gasteiger partial charge >= 0.3 is 0 Å². The molecule has 0 aliphatic heterocycles. The molecule has 0 fully saturated rings. The summed E-state index contributed by atoms with van der Waals surface area (Å²) in [6.07, 6.45) is 2.20. The van der Waals surface area contributed by atoms with Gasteiger partial charge in [0.05, 0.1) is 0 Å². The molecule has 0 bridgehead atoms. The Balaban J connectivity index is 1.80. The summed E-state index contributed by atoms with van der Waals surface area (Å²) in [7, 11) is 0. The standard InChI is InChI=1S/C28H36N2/c1-7-27(3,4)23-13-9-11-15-25(23)29-21-17-19-22(20-18-21)30-26-16-12-10-14-24(26)28(5,6)8-2/h9-20,29-30H,7-8H2,1-6H3. The minimum atomic E-state index is 0.140. The van der Waals surface area contributed by atoms with Crippen molar-refractivity contribution in [3.05, 3.63) is 83.9 Å². The van der Waals surface area contributed by atoms with Gasteiger partial charge in [0.25, 0.3) is 0 Å². The zero-order valence-electron chi connectivity index (χ0n) is 19.3. The maximum atomic E-state index is 3.62. The summed E-state index contributed by atoms with van der Waals surface area (Å²) in [6, 6.07) is 25.8. The summed E-state index contributed by atoms with van der Waals surface area (Å²) >= 11 is 0. The molecule has 0 amide bonds. The number of benzene rings is 3. The van der Waals surface area contributed by atoms with E-state index in [1.807, 2.05) is 0 Å². The Hall–Kier alpha value is -2.74. The Morgan fingerprint density at radius 3 is 1.20 bits per heavy atom. The van der Waals surface area contributed by atoms with Gasteiger partial charge in [-0.1, -0.05) is 77.9 Å². The molecule has 2 N–H and O–H groups in total. The van der Waals surface area contributed by atoms with E-state index in [-0.39, 0.29) is 10.8 Å². The Morgan fingerprint density at radius 1 is 0.533 bits per heavy atom. The minimum absolute atomic E-state index is 0.140. The molecule has 2 heteroatoms. The molecule has 0 spiro atoms. The van der Waals surface area contributed by atoms with Gasteiger partial charge in [0.2, 0.25) is 0 Å². The fraction of sp³-hybridized carbons (Fsp3) is 0.357.